The van der Waals surface area contributed by atoms with E-state index in [2.05, 4.69) is 31.3 Å². The van der Waals surface area contributed by atoms with Crippen LogP contribution in [0.25, 0.3) is 5.82 Å². The summed E-state index contributed by atoms with van der Waals surface area (Å²) >= 11 is 3.54. The molecular formula is C19H17BrN4O3. The second kappa shape index (κ2) is 7.40. The molecule has 7 nitrogen and oxygen atoms in total. The van der Waals surface area contributed by atoms with Crippen LogP contribution in [0.15, 0.2) is 53.4 Å². The van der Waals surface area contributed by atoms with E-state index in [-0.39, 0.29) is 11.9 Å². The number of benzene rings is 1. The first-order valence-electron chi connectivity index (χ1n) is 8.48. The molecular weight excluding hydrogens is 412 g/mol. The van der Waals surface area contributed by atoms with Crippen molar-refractivity contribution in [3.63, 3.8) is 0 Å². The van der Waals surface area contributed by atoms with Gasteiger partial charge in [0.25, 0.3) is 5.91 Å². The van der Waals surface area contributed by atoms with Crippen molar-refractivity contribution in [2.24, 2.45) is 0 Å². The molecule has 0 saturated heterocycles. The molecule has 1 aliphatic heterocycles. The van der Waals surface area contributed by atoms with Gasteiger partial charge in [0.2, 0.25) is 0 Å². The maximum Gasteiger partial charge on any atom is 0.253 e. The van der Waals surface area contributed by atoms with Gasteiger partial charge in [0.1, 0.15) is 13.2 Å². The monoisotopic (exact) mass is 428 g/mol. The van der Waals surface area contributed by atoms with E-state index in [0.29, 0.717) is 36.1 Å². The van der Waals surface area contributed by atoms with Gasteiger partial charge in [-0.15, -0.1) is 0 Å². The first kappa shape index (κ1) is 17.5. The number of halogens is 1. The molecule has 0 aliphatic carbocycles. The molecule has 1 unspecified atom stereocenters. The first-order chi connectivity index (χ1) is 13.1. The molecule has 1 N–H and O–H groups in total. The average molecular weight is 429 g/mol. The second-order valence-corrected chi connectivity index (χ2v) is 6.92. The number of nitrogens with zero attached hydrogens (tertiary/aromatic N) is 3. The summed E-state index contributed by atoms with van der Waals surface area (Å²) in [7, 11) is 0. The molecule has 138 valence electrons. The molecule has 1 aliphatic rings. The van der Waals surface area contributed by atoms with Crippen molar-refractivity contribution in [1.82, 2.24) is 20.1 Å². The van der Waals surface area contributed by atoms with E-state index in [1.807, 2.05) is 25.1 Å². The van der Waals surface area contributed by atoms with E-state index in [9.17, 15) is 4.79 Å². The number of nitrogens with one attached hydrogen (secondary N) is 1. The quantitative estimate of drug-likeness (QED) is 0.689. The Labute approximate surface area is 164 Å². The topological polar surface area (TPSA) is 78.3 Å². The van der Waals surface area contributed by atoms with Crippen LogP contribution in [-0.4, -0.2) is 33.9 Å². The minimum atomic E-state index is -0.228. The Balaban J connectivity index is 1.49. The Morgan fingerprint density at radius 2 is 2.04 bits per heavy atom. The molecule has 0 fully saturated rings. The van der Waals surface area contributed by atoms with Gasteiger partial charge in [0, 0.05) is 23.1 Å². The highest BCUT2D eigenvalue weighted by Gasteiger charge is 2.20. The summed E-state index contributed by atoms with van der Waals surface area (Å²) < 4.78 is 13.7. The van der Waals surface area contributed by atoms with Gasteiger partial charge in [-0.2, -0.15) is 5.10 Å². The van der Waals surface area contributed by atoms with Crippen molar-refractivity contribution in [1.29, 1.82) is 0 Å². The summed E-state index contributed by atoms with van der Waals surface area (Å²) in [6.07, 6.45) is 5.01. The van der Waals surface area contributed by atoms with Gasteiger partial charge in [-0.3, -0.25) is 4.79 Å². The third kappa shape index (κ3) is 3.66. The molecule has 3 aromatic rings. The van der Waals surface area contributed by atoms with Gasteiger partial charge in [-0.05, 0) is 42.8 Å². The fraction of sp³-hybridized carbons (Fsp3) is 0.211. The number of pyridine rings is 1. The van der Waals surface area contributed by atoms with Crippen LogP contribution in [0.4, 0.5) is 0 Å². The highest BCUT2D eigenvalue weighted by atomic mass is 79.9. The first-order valence-corrected chi connectivity index (χ1v) is 9.27. The molecule has 3 heterocycles. The van der Waals surface area contributed by atoms with Crippen LogP contribution in [0.5, 0.6) is 11.5 Å². The van der Waals surface area contributed by atoms with Gasteiger partial charge >= 0.3 is 0 Å². The minimum Gasteiger partial charge on any atom is -0.486 e. The highest BCUT2D eigenvalue weighted by Crippen LogP contribution is 2.37. The number of ether oxygens (including phenoxy) is 2. The molecule has 4 rings (SSSR count). The maximum absolute atomic E-state index is 12.6. The fourth-order valence-electron chi connectivity index (χ4n) is 2.83. The van der Waals surface area contributed by atoms with Gasteiger partial charge in [0.05, 0.1) is 11.6 Å². The van der Waals surface area contributed by atoms with Crippen LogP contribution in [0.3, 0.4) is 0 Å². The van der Waals surface area contributed by atoms with E-state index < -0.39 is 0 Å². The van der Waals surface area contributed by atoms with Crippen molar-refractivity contribution >= 4 is 21.8 Å². The summed E-state index contributed by atoms with van der Waals surface area (Å²) in [6.45, 7) is 2.97. The number of hydrogen-bond acceptors (Lipinski definition) is 5. The Bertz CT molecular complexity index is 958. The second-order valence-electron chi connectivity index (χ2n) is 6.07. The van der Waals surface area contributed by atoms with Crippen LogP contribution in [0, 0.1) is 0 Å². The summed E-state index contributed by atoms with van der Waals surface area (Å²) in [6, 6.07) is 8.83. The zero-order chi connectivity index (χ0) is 18.8. The molecule has 0 radical (unpaired) electrons. The Kier molecular flexibility index (Phi) is 4.81. The zero-order valence-corrected chi connectivity index (χ0v) is 16.1. The third-order valence-corrected chi connectivity index (χ3v) is 4.91. The Morgan fingerprint density at radius 1 is 1.26 bits per heavy atom. The molecule has 2 aromatic heterocycles. The third-order valence-electron chi connectivity index (χ3n) is 4.22. The van der Waals surface area contributed by atoms with Crippen molar-refractivity contribution < 1.29 is 14.3 Å². The molecule has 1 amide bonds. The van der Waals surface area contributed by atoms with Gasteiger partial charge in [-0.1, -0.05) is 15.9 Å². The number of carbonyl (C=O) groups excluding carboxylic acids is 1. The van der Waals surface area contributed by atoms with E-state index in [1.165, 1.54) is 6.20 Å². The lowest BCUT2D eigenvalue weighted by atomic mass is 10.1. The molecule has 1 atom stereocenters. The van der Waals surface area contributed by atoms with Crippen LogP contribution < -0.4 is 14.8 Å². The number of aromatic nitrogens is 3. The molecule has 27 heavy (non-hydrogen) atoms. The summed E-state index contributed by atoms with van der Waals surface area (Å²) in [5.41, 5.74) is 1.39. The van der Waals surface area contributed by atoms with Crippen LogP contribution in [-0.2, 0) is 0 Å². The van der Waals surface area contributed by atoms with Gasteiger partial charge in [-0.25, -0.2) is 9.67 Å². The average Bonchev–Trinajstić information content (AvgIpc) is 3.22. The molecule has 0 spiro atoms. The summed E-state index contributed by atoms with van der Waals surface area (Å²) in [5, 5.41) is 7.11. The highest BCUT2D eigenvalue weighted by molar-refractivity contribution is 9.10. The number of rotatable bonds is 4. The minimum absolute atomic E-state index is 0.205. The van der Waals surface area contributed by atoms with Crippen molar-refractivity contribution in [2.75, 3.05) is 13.2 Å². The number of fused-ring (bicyclic) bond motifs is 1. The number of amides is 1. The van der Waals surface area contributed by atoms with Crippen molar-refractivity contribution in [3.05, 3.63) is 64.5 Å². The lowest BCUT2D eigenvalue weighted by molar-refractivity contribution is 0.0939. The van der Waals surface area contributed by atoms with E-state index in [1.54, 1.807) is 29.2 Å². The molecule has 8 heteroatoms. The molecule has 0 saturated carbocycles. The standard InChI is InChI=1S/C19H17BrN4O3/c1-12(14-9-16-17(10-15(14)20)27-8-7-26-16)23-19(25)13-3-4-18(21-11-13)24-6-2-5-22-24/h2-6,9-12H,7-8H2,1H3,(H,23,25). The normalized spacial score (nSPS) is 13.9. The van der Waals surface area contributed by atoms with Crippen LogP contribution >= 0.6 is 15.9 Å². The number of carbonyl (C=O) groups is 1. The number of hydrogen-bond donors (Lipinski definition) is 1. The largest absolute Gasteiger partial charge is 0.486 e. The zero-order valence-electron chi connectivity index (χ0n) is 14.6. The van der Waals surface area contributed by atoms with Gasteiger partial charge < -0.3 is 14.8 Å². The SMILES string of the molecule is CC(NC(=O)c1ccc(-n2cccn2)nc1)c1cc2c(cc1Br)OCCO2. The lowest BCUT2D eigenvalue weighted by Crippen LogP contribution is -2.27. The van der Waals surface area contributed by atoms with Crippen molar-refractivity contribution in [3.8, 4) is 17.3 Å². The Hall–Kier alpha value is -2.87. The Morgan fingerprint density at radius 3 is 2.70 bits per heavy atom. The molecule has 0 bridgehead atoms. The lowest BCUT2D eigenvalue weighted by Gasteiger charge is -2.22. The van der Waals surface area contributed by atoms with Crippen LogP contribution in [0.2, 0.25) is 0 Å². The van der Waals surface area contributed by atoms with E-state index >= 15 is 0 Å². The van der Waals surface area contributed by atoms with E-state index in [0.717, 1.165) is 10.0 Å². The maximum atomic E-state index is 12.6. The van der Waals surface area contributed by atoms with Gasteiger partial charge in [0.15, 0.2) is 17.3 Å². The molecule has 1 aromatic carbocycles. The summed E-state index contributed by atoms with van der Waals surface area (Å²) in [5.74, 6) is 1.84. The fourth-order valence-corrected chi connectivity index (χ4v) is 3.50. The predicted octanol–water partition coefficient (Wildman–Crippen LogP) is 3.29. The van der Waals surface area contributed by atoms with Crippen LogP contribution in [0.1, 0.15) is 28.9 Å². The van der Waals surface area contributed by atoms with Crippen molar-refractivity contribution in [2.45, 2.75) is 13.0 Å². The smallest absolute Gasteiger partial charge is 0.253 e. The predicted molar refractivity (Wildman–Crippen MR) is 102 cm³/mol. The summed E-state index contributed by atoms with van der Waals surface area (Å²) in [4.78, 5) is 16.9. The van der Waals surface area contributed by atoms with E-state index in [4.69, 9.17) is 9.47 Å².